The molecule has 166 valence electrons. The first-order chi connectivity index (χ1) is 15.7. The van der Waals surface area contributed by atoms with Crippen molar-refractivity contribution in [3.63, 3.8) is 0 Å². The van der Waals surface area contributed by atoms with Gasteiger partial charge >= 0.3 is 0 Å². The molecule has 1 aliphatic heterocycles. The molecule has 1 aliphatic rings. The number of carbonyl (C=O) groups excluding carboxylic acids is 2. The second-order valence-corrected chi connectivity index (χ2v) is 7.57. The molecule has 0 saturated carbocycles. The Labute approximate surface area is 186 Å². The van der Waals surface area contributed by atoms with Gasteiger partial charge in [-0.05, 0) is 24.1 Å². The first-order valence-corrected chi connectivity index (χ1v) is 10.7. The standard InChI is InChI=1S/C24H26N4O4/c29-23(17-25-24(30)21-16-22(32-27-21)19-4-2-1-3-5-19)26-20-8-6-18(7-9-20)10-11-28-12-14-31-15-13-28/h1-9,16H,10-15,17H2,(H,25,30)(H,26,29). The van der Waals surface area contributed by atoms with Crippen LogP contribution in [-0.2, 0) is 16.0 Å². The molecule has 0 unspecified atom stereocenters. The maximum Gasteiger partial charge on any atom is 0.273 e. The summed E-state index contributed by atoms with van der Waals surface area (Å²) in [4.78, 5) is 26.9. The zero-order chi connectivity index (χ0) is 22.2. The molecule has 0 spiro atoms. The van der Waals surface area contributed by atoms with Crippen LogP contribution in [0.15, 0.2) is 65.2 Å². The molecule has 0 radical (unpaired) electrons. The first-order valence-electron chi connectivity index (χ1n) is 10.7. The van der Waals surface area contributed by atoms with Crippen molar-refractivity contribution in [2.45, 2.75) is 6.42 Å². The number of ether oxygens (including phenoxy) is 1. The van der Waals surface area contributed by atoms with Gasteiger partial charge in [-0.25, -0.2) is 0 Å². The summed E-state index contributed by atoms with van der Waals surface area (Å²) in [5.41, 5.74) is 2.85. The van der Waals surface area contributed by atoms with Crippen LogP contribution < -0.4 is 10.6 Å². The fraction of sp³-hybridized carbons (Fsp3) is 0.292. The van der Waals surface area contributed by atoms with Crippen LogP contribution in [0, 0.1) is 0 Å². The lowest BCUT2D eigenvalue weighted by atomic mass is 10.1. The second kappa shape index (κ2) is 10.7. The molecule has 0 bridgehead atoms. The topological polar surface area (TPSA) is 96.7 Å². The zero-order valence-corrected chi connectivity index (χ0v) is 17.8. The Morgan fingerprint density at radius 2 is 1.75 bits per heavy atom. The molecule has 2 amide bonds. The minimum atomic E-state index is -0.468. The molecule has 0 aliphatic carbocycles. The molecular weight excluding hydrogens is 408 g/mol. The van der Waals surface area contributed by atoms with Gasteiger partial charge in [-0.2, -0.15) is 0 Å². The number of nitrogens with zero attached hydrogens (tertiary/aromatic N) is 2. The molecule has 8 heteroatoms. The van der Waals surface area contributed by atoms with E-state index in [1.165, 1.54) is 5.56 Å². The van der Waals surface area contributed by atoms with Gasteiger partial charge in [0.25, 0.3) is 5.91 Å². The van der Waals surface area contributed by atoms with Crippen molar-refractivity contribution in [1.82, 2.24) is 15.4 Å². The molecule has 1 fully saturated rings. The van der Waals surface area contributed by atoms with Crippen molar-refractivity contribution >= 4 is 17.5 Å². The van der Waals surface area contributed by atoms with Crippen molar-refractivity contribution in [3.05, 3.63) is 71.9 Å². The average molecular weight is 434 g/mol. The Morgan fingerprint density at radius 1 is 1.00 bits per heavy atom. The SMILES string of the molecule is O=C(CNC(=O)c1cc(-c2ccccc2)on1)Nc1ccc(CCN2CCOCC2)cc1. The van der Waals surface area contributed by atoms with Crippen molar-refractivity contribution in [3.8, 4) is 11.3 Å². The number of hydrogen-bond acceptors (Lipinski definition) is 6. The molecule has 3 aromatic rings. The van der Waals surface area contributed by atoms with Gasteiger partial charge in [-0.3, -0.25) is 14.5 Å². The van der Waals surface area contributed by atoms with Crippen molar-refractivity contribution in [2.24, 2.45) is 0 Å². The van der Waals surface area contributed by atoms with Gasteiger partial charge in [-0.1, -0.05) is 47.6 Å². The largest absolute Gasteiger partial charge is 0.379 e. The molecule has 2 N–H and O–H groups in total. The Bertz CT molecular complexity index is 1030. The number of amides is 2. The van der Waals surface area contributed by atoms with E-state index in [-0.39, 0.29) is 18.1 Å². The fourth-order valence-corrected chi connectivity index (χ4v) is 3.44. The Morgan fingerprint density at radius 3 is 2.50 bits per heavy atom. The molecule has 0 atom stereocenters. The van der Waals surface area contributed by atoms with E-state index in [9.17, 15) is 9.59 Å². The highest BCUT2D eigenvalue weighted by Crippen LogP contribution is 2.19. The third-order valence-corrected chi connectivity index (χ3v) is 5.27. The summed E-state index contributed by atoms with van der Waals surface area (Å²) in [5.74, 6) is -0.287. The van der Waals surface area contributed by atoms with E-state index in [0.717, 1.165) is 44.8 Å². The van der Waals surface area contributed by atoms with Gasteiger partial charge in [0.1, 0.15) is 0 Å². The van der Waals surface area contributed by atoms with E-state index < -0.39 is 5.91 Å². The summed E-state index contributed by atoms with van der Waals surface area (Å²) in [7, 11) is 0. The van der Waals surface area contributed by atoms with Crippen LogP contribution >= 0.6 is 0 Å². The minimum absolute atomic E-state index is 0.126. The summed E-state index contributed by atoms with van der Waals surface area (Å²) in [6.07, 6.45) is 0.951. The van der Waals surface area contributed by atoms with Crippen molar-refractivity contribution < 1.29 is 18.8 Å². The number of anilines is 1. The van der Waals surface area contributed by atoms with Crippen LogP contribution in [0.5, 0.6) is 0 Å². The van der Waals surface area contributed by atoms with Crippen LogP contribution in [0.1, 0.15) is 16.1 Å². The minimum Gasteiger partial charge on any atom is -0.379 e. The van der Waals surface area contributed by atoms with E-state index >= 15 is 0 Å². The lowest BCUT2D eigenvalue weighted by molar-refractivity contribution is -0.115. The third kappa shape index (κ3) is 6.03. The van der Waals surface area contributed by atoms with E-state index in [2.05, 4.69) is 20.7 Å². The number of benzene rings is 2. The number of carbonyl (C=O) groups is 2. The third-order valence-electron chi connectivity index (χ3n) is 5.27. The van der Waals surface area contributed by atoms with Gasteiger partial charge in [0.2, 0.25) is 5.91 Å². The van der Waals surface area contributed by atoms with Gasteiger partial charge in [0.15, 0.2) is 11.5 Å². The Hall–Kier alpha value is -3.49. The molecule has 32 heavy (non-hydrogen) atoms. The van der Waals surface area contributed by atoms with E-state index in [1.54, 1.807) is 6.07 Å². The zero-order valence-electron chi connectivity index (χ0n) is 17.8. The highest BCUT2D eigenvalue weighted by atomic mass is 16.5. The number of hydrogen-bond donors (Lipinski definition) is 2. The molecule has 8 nitrogen and oxygen atoms in total. The average Bonchev–Trinajstić information content (AvgIpc) is 3.34. The van der Waals surface area contributed by atoms with Gasteiger partial charge in [-0.15, -0.1) is 0 Å². The van der Waals surface area contributed by atoms with E-state index in [1.807, 2.05) is 54.6 Å². The van der Waals surface area contributed by atoms with Gasteiger partial charge in [0.05, 0.1) is 19.8 Å². The molecule has 2 aromatic carbocycles. The molecule has 2 heterocycles. The van der Waals surface area contributed by atoms with Gasteiger partial charge in [0, 0.05) is 37.0 Å². The second-order valence-electron chi connectivity index (χ2n) is 7.57. The fourth-order valence-electron chi connectivity index (χ4n) is 3.44. The van der Waals surface area contributed by atoms with Crippen molar-refractivity contribution in [1.29, 1.82) is 0 Å². The van der Waals surface area contributed by atoms with Crippen LogP contribution in [0.25, 0.3) is 11.3 Å². The van der Waals surface area contributed by atoms with Gasteiger partial charge < -0.3 is 19.9 Å². The summed E-state index contributed by atoms with van der Waals surface area (Å²) < 4.78 is 10.6. The normalized spacial score (nSPS) is 14.1. The Kier molecular flexibility index (Phi) is 7.27. The highest BCUT2D eigenvalue weighted by molar-refractivity contribution is 5.98. The monoisotopic (exact) mass is 434 g/mol. The molecule has 4 rings (SSSR count). The highest BCUT2D eigenvalue weighted by Gasteiger charge is 2.15. The van der Waals surface area contributed by atoms with Crippen LogP contribution in [0.3, 0.4) is 0 Å². The molecular formula is C24H26N4O4. The lowest BCUT2D eigenvalue weighted by Crippen LogP contribution is -2.37. The number of aromatic nitrogens is 1. The van der Waals surface area contributed by atoms with E-state index in [0.29, 0.717) is 11.4 Å². The number of rotatable bonds is 8. The molecule has 1 aromatic heterocycles. The smallest absolute Gasteiger partial charge is 0.273 e. The Balaban J connectivity index is 1.21. The van der Waals surface area contributed by atoms with Crippen LogP contribution in [0.2, 0.25) is 0 Å². The number of nitrogens with one attached hydrogen (secondary N) is 2. The van der Waals surface area contributed by atoms with Crippen LogP contribution in [0.4, 0.5) is 5.69 Å². The predicted octanol–water partition coefficient (Wildman–Crippen LogP) is 2.58. The summed E-state index contributed by atoms with van der Waals surface area (Å²) >= 11 is 0. The maximum atomic E-state index is 12.3. The lowest BCUT2D eigenvalue weighted by Gasteiger charge is -2.26. The first kappa shape index (κ1) is 21.7. The predicted molar refractivity (Wildman–Crippen MR) is 120 cm³/mol. The van der Waals surface area contributed by atoms with Crippen molar-refractivity contribution in [2.75, 3.05) is 44.7 Å². The summed E-state index contributed by atoms with van der Waals surface area (Å²) in [5, 5.41) is 9.14. The maximum absolute atomic E-state index is 12.3. The summed E-state index contributed by atoms with van der Waals surface area (Å²) in [6, 6.07) is 18.7. The van der Waals surface area contributed by atoms with Crippen LogP contribution in [-0.4, -0.2) is 61.3 Å². The quantitative estimate of drug-likeness (QED) is 0.566. The summed E-state index contributed by atoms with van der Waals surface area (Å²) in [6.45, 7) is 4.38. The molecule has 1 saturated heterocycles. The van der Waals surface area contributed by atoms with E-state index in [4.69, 9.17) is 9.26 Å². The number of morpholine rings is 1.